The van der Waals surface area contributed by atoms with E-state index in [2.05, 4.69) is 20.4 Å². The molecule has 4 heteroatoms. The van der Waals surface area contributed by atoms with E-state index in [-0.39, 0.29) is 6.61 Å². The summed E-state index contributed by atoms with van der Waals surface area (Å²) in [6, 6.07) is 6.33. The summed E-state index contributed by atoms with van der Waals surface area (Å²) in [6.45, 7) is 8.26. The van der Waals surface area contributed by atoms with E-state index < -0.39 is 11.9 Å². The third-order valence-corrected chi connectivity index (χ3v) is 2.83. The average Bonchev–Trinajstić information content (AvgIpc) is 2.48. The molecule has 0 saturated carbocycles. The quantitative estimate of drug-likeness (QED) is 0.417. The van der Waals surface area contributed by atoms with Crippen LogP contribution in [0.25, 0.3) is 0 Å². The van der Waals surface area contributed by atoms with Gasteiger partial charge in [0.1, 0.15) is 6.61 Å². The highest BCUT2D eigenvalue weighted by atomic mass is 16.5. The van der Waals surface area contributed by atoms with E-state index in [1.54, 1.807) is 18.2 Å². The maximum Gasteiger partial charge on any atom is 0.338 e. The first-order chi connectivity index (χ1) is 10.0. The number of hydrogen-bond donors (Lipinski definition) is 0. The molecule has 0 saturated heterocycles. The first kappa shape index (κ1) is 17.0. The molecule has 0 radical (unpaired) electrons. The lowest BCUT2D eigenvalue weighted by Gasteiger charge is -2.07. The fourth-order valence-electron chi connectivity index (χ4n) is 1.73. The largest absolute Gasteiger partial charge is 0.462 e. The first-order valence-electron chi connectivity index (χ1n) is 7.09. The molecule has 1 aromatic carbocycles. The van der Waals surface area contributed by atoms with Gasteiger partial charge in [0.05, 0.1) is 17.7 Å². The molecule has 0 aromatic heterocycles. The number of ether oxygens (including phenoxy) is 2. The number of hydrogen-bond acceptors (Lipinski definition) is 4. The first-order valence-corrected chi connectivity index (χ1v) is 7.09. The summed E-state index contributed by atoms with van der Waals surface area (Å²) in [4.78, 5) is 23.6. The Kier molecular flexibility index (Phi) is 7.23. The van der Waals surface area contributed by atoms with Gasteiger partial charge >= 0.3 is 11.9 Å². The zero-order chi connectivity index (χ0) is 15.7. The van der Waals surface area contributed by atoms with E-state index >= 15 is 0 Å². The predicted octanol–water partition coefficient (Wildman–Crippen LogP) is 3.62. The standard InChI is InChI=1S/C17H22O4/c1-4-10-20-16(18)14-8-5-9-15(12-14)17(19)21-11-6-7-13(2)3/h4-5,8-9,12-13H,1,6-7,10-11H2,2-3H3. The van der Waals surface area contributed by atoms with Crippen molar-refractivity contribution in [1.82, 2.24) is 0 Å². The van der Waals surface area contributed by atoms with E-state index in [0.717, 1.165) is 12.8 Å². The maximum atomic E-state index is 11.9. The summed E-state index contributed by atoms with van der Waals surface area (Å²) in [5, 5.41) is 0. The zero-order valence-electron chi connectivity index (χ0n) is 12.6. The van der Waals surface area contributed by atoms with Crippen LogP contribution in [0.3, 0.4) is 0 Å². The van der Waals surface area contributed by atoms with Crippen LogP contribution in [0.5, 0.6) is 0 Å². The Labute approximate surface area is 125 Å². The monoisotopic (exact) mass is 290 g/mol. The molecule has 0 atom stereocenters. The molecule has 1 rings (SSSR count). The third-order valence-electron chi connectivity index (χ3n) is 2.83. The molecule has 4 nitrogen and oxygen atoms in total. The average molecular weight is 290 g/mol. The molecule has 1 aromatic rings. The predicted molar refractivity (Wildman–Crippen MR) is 81.3 cm³/mol. The molecule has 0 aliphatic heterocycles. The van der Waals surface area contributed by atoms with E-state index in [1.165, 1.54) is 12.1 Å². The van der Waals surface area contributed by atoms with Gasteiger partial charge in [0.2, 0.25) is 0 Å². The number of carbonyl (C=O) groups is 2. The lowest BCUT2D eigenvalue weighted by molar-refractivity contribution is 0.0494. The van der Waals surface area contributed by atoms with Crippen molar-refractivity contribution >= 4 is 11.9 Å². The Morgan fingerprint density at radius 2 is 1.81 bits per heavy atom. The minimum absolute atomic E-state index is 0.142. The van der Waals surface area contributed by atoms with Gasteiger partial charge in [-0.05, 0) is 37.0 Å². The maximum absolute atomic E-state index is 11.9. The number of rotatable bonds is 8. The summed E-state index contributed by atoms with van der Waals surface area (Å²) in [5.41, 5.74) is 0.682. The van der Waals surface area contributed by atoms with Crippen molar-refractivity contribution < 1.29 is 19.1 Å². The Hall–Kier alpha value is -2.10. The molecule has 21 heavy (non-hydrogen) atoms. The molecule has 0 amide bonds. The molecule has 0 N–H and O–H groups in total. The molecule has 0 aliphatic rings. The lowest BCUT2D eigenvalue weighted by atomic mass is 10.1. The van der Waals surface area contributed by atoms with E-state index in [9.17, 15) is 9.59 Å². The summed E-state index contributed by atoms with van der Waals surface area (Å²) in [6.07, 6.45) is 3.34. The van der Waals surface area contributed by atoms with Crippen LogP contribution in [0.15, 0.2) is 36.9 Å². The highest BCUT2D eigenvalue weighted by molar-refractivity contribution is 5.95. The van der Waals surface area contributed by atoms with Crippen molar-refractivity contribution in [2.45, 2.75) is 26.7 Å². The van der Waals surface area contributed by atoms with Crippen molar-refractivity contribution in [3.05, 3.63) is 48.0 Å². The van der Waals surface area contributed by atoms with E-state index in [4.69, 9.17) is 9.47 Å². The van der Waals surface area contributed by atoms with Crippen molar-refractivity contribution in [2.75, 3.05) is 13.2 Å². The lowest BCUT2D eigenvalue weighted by Crippen LogP contribution is -2.10. The van der Waals surface area contributed by atoms with Gasteiger partial charge in [-0.25, -0.2) is 9.59 Å². The highest BCUT2D eigenvalue weighted by Crippen LogP contribution is 2.10. The van der Waals surface area contributed by atoms with Crippen LogP contribution in [0, 0.1) is 5.92 Å². The van der Waals surface area contributed by atoms with Crippen LogP contribution in [-0.2, 0) is 9.47 Å². The Morgan fingerprint density at radius 1 is 1.19 bits per heavy atom. The summed E-state index contributed by atoms with van der Waals surface area (Å²) in [5.74, 6) is -0.312. The Morgan fingerprint density at radius 3 is 2.38 bits per heavy atom. The Balaban J connectivity index is 2.56. The van der Waals surface area contributed by atoms with Crippen LogP contribution in [0.2, 0.25) is 0 Å². The van der Waals surface area contributed by atoms with Gasteiger partial charge in [-0.2, -0.15) is 0 Å². The van der Waals surface area contributed by atoms with Gasteiger partial charge in [0, 0.05) is 0 Å². The molecule has 0 unspecified atom stereocenters. The fraction of sp³-hybridized carbons (Fsp3) is 0.412. The van der Waals surface area contributed by atoms with Crippen LogP contribution in [-0.4, -0.2) is 25.2 Å². The second kappa shape index (κ2) is 8.95. The molecule has 0 aliphatic carbocycles. The third kappa shape index (κ3) is 6.25. The van der Waals surface area contributed by atoms with E-state index in [1.807, 2.05) is 0 Å². The van der Waals surface area contributed by atoms with Crippen LogP contribution in [0.1, 0.15) is 47.4 Å². The van der Waals surface area contributed by atoms with Crippen LogP contribution < -0.4 is 0 Å². The van der Waals surface area contributed by atoms with Crippen molar-refractivity contribution in [3.63, 3.8) is 0 Å². The van der Waals surface area contributed by atoms with Crippen LogP contribution in [0.4, 0.5) is 0 Å². The van der Waals surface area contributed by atoms with Crippen molar-refractivity contribution in [2.24, 2.45) is 5.92 Å². The molecular formula is C17H22O4. The molecular weight excluding hydrogens is 268 g/mol. The number of benzene rings is 1. The van der Waals surface area contributed by atoms with Crippen molar-refractivity contribution in [1.29, 1.82) is 0 Å². The SMILES string of the molecule is C=CCOC(=O)c1cccc(C(=O)OCCCC(C)C)c1. The molecule has 0 bridgehead atoms. The summed E-state index contributed by atoms with van der Waals surface area (Å²) < 4.78 is 10.1. The molecule has 0 heterocycles. The highest BCUT2D eigenvalue weighted by Gasteiger charge is 2.12. The van der Waals surface area contributed by atoms with Gasteiger partial charge in [0.25, 0.3) is 0 Å². The topological polar surface area (TPSA) is 52.6 Å². The Bertz CT molecular complexity index is 491. The van der Waals surface area contributed by atoms with Gasteiger partial charge in [-0.3, -0.25) is 0 Å². The van der Waals surface area contributed by atoms with Gasteiger partial charge < -0.3 is 9.47 Å². The second-order valence-electron chi connectivity index (χ2n) is 5.14. The normalized spacial score (nSPS) is 10.2. The molecule has 114 valence electrons. The zero-order valence-corrected chi connectivity index (χ0v) is 12.6. The van der Waals surface area contributed by atoms with Gasteiger partial charge in [-0.1, -0.05) is 32.6 Å². The number of esters is 2. The van der Waals surface area contributed by atoms with Gasteiger partial charge in [0.15, 0.2) is 0 Å². The van der Waals surface area contributed by atoms with Crippen molar-refractivity contribution in [3.8, 4) is 0 Å². The summed E-state index contributed by atoms with van der Waals surface area (Å²) >= 11 is 0. The summed E-state index contributed by atoms with van der Waals surface area (Å²) in [7, 11) is 0. The van der Waals surface area contributed by atoms with E-state index in [0.29, 0.717) is 23.7 Å². The van der Waals surface area contributed by atoms with Crippen LogP contribution >= 0.6 is 0 Å². The smallest absolute Gasteiger partial charge is 0.338 e. The molecule has 0 spiro atoms. The minimum atomic E-state index is -0.482. The fourth-order valence-corrected chi connectivity index (χ4v) is 1.73. The number of carbonyl (C=O) groups excluding carboxylic acids is 2. The second-order valence-corrected chi connectivity index (χ2v) is 5.14. The van der Waals surface area contributed by atoms with Gasteiger partial charge in [-0.15, -0.1) is 0 Å². The molecule has 0 fully saturated rings. The minimum Gasteiger partial charge on any atom is -0.462 e.